The predicted molar refractivity (Wildman–Crippen MR) is 118 cm³/mol. The maximum absolute atomic E-state index is 12.8. The minimum absolute atomic E-state index is 0.100. The minimum atomic E-state index is -0.413. The molecule has 2 fully saturated rings. The van der Waals surface area contributed by atoms with Gasteiger partial charge in [0.15, 0.2) is 5.65 Å². The summed E-state index contributed by atoms with van der Waals surface area (Å²) in [6, 6.07) is 7.78. The zero-order valence-electron chi connectivity index (χ0n) is 17.8. The van der Waals surface area contributed by atoms with Gasteiger partial charge in [0.2, 0.25) is 5.91 Å². The van der Waals surface area contributed by atoms with Gasteiger partial charge in [-0.2, -0.15) is 5.10 Å². The zero-order valence-corrected chi connectivity index (χ0v) is 17.8. The number of benzene rings is 1. The summed E-state index contributed by atoms with van der Waals surface area (Å²) in [5.41, 5.74) is 7.60. The van der Waals surface area contributed by atoms with Crippen molar-refractivity contribution in [1.29, 1.82) is 0 Å². The van der Waals surface area contributed by atoms with E-state index in [2.05, 4.69) is 21.9 Å². The first kappa shape index (κ1) is 19.9. The van der Waals surface area contributed by atoms with Crippen LogP contribution in [-0.4, -0.2) is 43.6 Å². The van der Waals surface area contributed by atoms with Crippen LogP contribution in [0.3, 0.4) is 0 Å². The fourth-order valence-corrected chi connectivity index (χ4v) is 5.13. The fraction of sp³-hybridized carbons (Fsp3) is 0.478. The van der Waals surface area contributed by atoms with E-state index < -0.39 is 5.91 Å². The molecule has 31 heavy (non-hydrogen) atoms. The van der Waals surface area contributed by atoms with Crippen molar-refractivity contribution in [3.05, 3.63) is 57.8 Å². The van der Waals surface area contributed by atoms with Crippen molar-refractivity contribution in [1.82, 2.24) is 24.6 Å². The van der Waals surface area contributed by atoms with Gasteiger partial charge in [0.1, 0.15) is 11.2 Å². The molecule has 2 aliphatic rings. The van der Waals surface area contributed by atoms with Gasteiger partial charge < -0.3 is 10.7 Å². The number of nitrogens with two attached hydrogens (primary N) is 1. The average Bonchev–Trinajstić information content (AvgIpc) is 3.48. The van der Waals surface area contributed by atoms with Gasteiger partial charge >= 0.3 is 0 Å². The normalized spacial score (nSPS) is 22.5. The number of nitrogens with one attached hydrogen (secondary N) is 1. The Hall–Kier alpha value is -3.00. The molecule has 0 spiro atoms. The van der Waals surface area contributed by atoms with Crippen LogP contribution in [0.2, 0.25) is 0 Å². The molecule has 0 bridgehead atoms. The molecule has 1 aromatic carbocycles. The van der Waals surface area contributed by atoms with E-state index in [1.807, 2.05) is 16.8 Å². The highest BCUT2D eigenvalue weighted by atomic mass is 16.1. The number of nitrogens with zero attached hydrogens (tertiary/aromatic N) is 4. The minimum Gasteiger partial charge on any atom is -0.366 e. The maximum atomic E-state index is 12.8. The van der Waals surface area contributed by atoms with E-state index >= 15 is 0 Å². The summed E-state index contributed by atoms with van der Waals surface area (Å²) >= 11 is 0. The number of aromatic amines is 1. The Balaban J connectivity index is 1.38. The first-order chi connectivity index (χ1) is 15.0. The Bertz CT molecular complexity index is 1160. The molecule has 162 valence electrons. The van der Waals surface area contributed by atoms with E-state index in [1.54, 1.807) is 18.3 Å². The van der Waals surface area contributed by atoms with Gasteiger partial charge in [0.05, 0.1) is 12.2 Å². The molecule has 0 radical (unpaired) electrons. The molecule has 1 saturated carbocycles. The van der Waals surface area contributed by atoms with Crippen LogP contribution >= 0.6 is 0 Å². The Kier molecular flexibility index (Phi) is 5.09. The van der Waals surface area contributed by atoms with Crippen molar-refractivity contribution in [3.63, 3.8) is 0 Å². The van der Waals surface area contributed by atoms with Crippen molar-refractivity contribution < 1.29 is 4.79 Å². The Morgan fingerprint density at radius 2 is 1.94 bits per heavy atom. The molecule has 8 heteroatoms. The van der Waals surface area contributed by atoms with Crippen LogP contribution in [0, 0.1) is 5.92 Å². The number of rotatable bonds is 5. The van der Waals surface area contributed by atoms with Crippen LogP contribution in [0.5, 0.6) is 0 Å². The van der Waals surface area contributed by atoms with Crippen LogP contribution in [-0.2, 0) is 6.54 Å². The zero-order chi connectivity index (χ0) is 21.5. The quantitative estimate of drug-likeness (QED) is 0.659. The first-order valence-electron chi connectivity index (χ1n) is 11.1. The second kappa shape index (κ2) is 7.92. The third-order valence-electron chi connectivity index (χ3n) is 6.84. The summed E-state index contributed by atoms with van der Waals surface area (Å²) in [6.07, 6.45) is 6.27. The lowest BCUT2D eigenvalue weighted by Crippen LogP contribution is -2.22. The van der Waals surface area contributed by atoms with Crippen molar-refractivity contribution in [2.75, 3.05) is 13.1 Å². The summed E-state index contributed by atoms with van der Waals surface area (Å²) in [5, 5.41) is 5.08. The number of H-pyrrole nitrogens is 1. The molecule has 2 unspecified atom stereocenters. The van der Waals surface area contributed by atoms with Crippen LogP contribution in [0.1, 0.15) is 66.3 Å². The highest BCUT2D eigenvalue weighted by Gasteiger charge is 2.33. The molecule has 3 heterocycles. The molecular formula is C23H28N6O2. The molecule has 5 rings (SSSR count). The standard InChI is InChI=1S/C23H28N6O2/c1-14-11-28(12-15-6-8-16(9-7-15)20(24)30)13-19(14)21-26-22-18(23(31)27-21)10-25-29(22)17-4-2-3-5-17/h6-10,14,17,19H,2-5,11-13H2,1H3,(H2,24,30)(H,26,27,31). The van der Waals surface area contributed by atoms with E-state index in [0.29, 0.717) is 22.9 Å². The SMILES string of the molecule is CC1CN(Cc2ccc(C(N)=O)cc2)CC1c1nc2c(cnn2C2CCCC2)c(=O)[nH]1. The number of carbonyl (C=O) groups excluding carboxylic acids is 1. The third-order valence-corrected chi connectivity index (χ3v) is 6.84. The smallest absolute Gasteiger partial charge is 0.262 e. The molecule has 3 N–H and O–H groups in total. The molecule has 1 aliphatic carbocycles. The van der Waals surface area contributed by atoms with Gasteiger partial charge in [-0.1, -0.05) is 31.9 Å². The number of aromatic nitrogens is 4. The van der Waals surface area contributed by atoms with Crippen LogP contribution < -0.4 is 11.3 Å². The third kappa shape index (κ3) is 3.76. The maximum Gasteiger partial charge on any atom is 0.262 e. The van der Waals surface area contributed by atoms with Gasteiger partial charge in [-0.25, -0.2) is 9.67 Å². The lowest BCUT2D eigenvalue weighted by molar-refractivity contribution is 0.100. The van der Waals surface area contributed by atoms with Crippen LogP contribution in [0.15, 0.2) is 35.3 Å². The number of likely N-dealkylation sites (tertiary alicyclic amines) is 1. The number of amides is 1. The van der Waals surface area contributed by atoms with E-state index in [4.69, 9.17) is 10.7 Å². The average molecular weight is 421 g/mol. The predicted octanol–water partition coefficient (Wildman–Crippen LogP) is 2.57. The summed E-state index contributed by atoms with van der Waals surface area (Å²) < 4.78 is 1.97. The van der Waals surface area contributed by atoms with Gasteiger partial charge in [0.25, 0.3) is 5.56 Å². The van der Waals surface area contributed by atoms with Gasteiger partial charge in [0, 0.05) is 31.1 Å². The summed E-state index contributed by atoms with van der Waals surface area (Å²) in [5.74, 6) is 0.877. The summed E-state index contributed by atoms with van der Waals surface area (Å²) in [4.78, 5) is 34.3. The topological polar surface area (TPSA) is 110 Å². The fourth-order valence-electron chi connectivity index (χ4n) is 5.13. The lowest BCUT2D eigenvalue weighted by atomic mass is 9.97. The van der Waals surface area contributed by atoms with Crippen LogP contribution in [0.4, 0.5) is 0 Å². The second-order valence-electron chi connectivity index (χ2n) is 9.05. The molecule has 3 aromatic rings. The molecule has 2 atom stereocenters. The summed E-state index contributed by atoms with van der Waals surface area (Å²) in [6.45, 7) is 4.74. The molecule has 8 nitrogen and oxygen atoms in total. The van der Waals surface area contributed by atoms with E-state index in [1.165, 1.54) is 12.8 Å². The monoisotopic (exact) mass is 420 g/mol. The van der Waals surface area contributed by atoms with Gasteiger partial charge in [-0.3, -0.25) is 14.5 Å². The Morgan fingerprint density at radius 1 is 1.19 bits per heavy atom. The van der Waals surface area contributed by atoms with Gasteiger partial charge in [-0.05, 0) is 36.5 Å². The van der Waals surface area contributed by atoms with E-state index in [9.17, 15) is 9.59 Å². The molecular weight excluding hydrogens is 392 g/mol. The number of primary amides is 1. The lowest BCUT2D eigenvalue weighted by Gasteiger charge is -2.16. The van der Waals surface area contributed by atoms with Crippen molar-refractivity contribution in [2.24, 2.45) is 11.7 Å². The Labute approximate surface area is 180 Å². The van der Waals surface area contributed by atoms with E-state index in [0.717, 1.165) is 49.5 Å². The molecule has 1 amide bonds. The highest BCUT2D eigenvalue weighted by Crippen LogP contribution is 2.33. The number of hydrogen-bond acceptors (Lipinski definition) is 5. The number of hydrogen-bond donors (Lipinski definition) is 2. The number of fused-ring (bicyclic) bond motifs is 1. The largest absolute Gasteiger partial charge is 0.366 e. The first-order valence-corrected chi connectivity index (χ1v) is 11.1. The number of carbonyl (C=O) groups is 1. The Morgan fingerprint density at radius 3 is 2.65 bits per heavy atom. The van der Waals surface area contributed by atoms with Crippen molar-refractivity contribution >= 4 is 16.9 Å². The van der Waals surface area contributed by atoms with Gasteiger partial charge in [-0.15, -0.1) is 0 Å². The van der Waals surface area contributed by atoms with Crippen molar-refractivity contribution in [2.45, 2.75) is 51.1 Å². The molecule has 1 saturated heterocycles. The molecule has 1 aliphatic heterocycles. The summed E-state index contributed by atoms with van der Waals surface area (Å²) in [7, 11) is 0. The second-order valence-corrected chi connectivity index (χ2v) is 9.05. The molecule has 2 aromatic heterocycles. The highest BCUT2D eigenvalue weighted by molar-refractivity contribution is 5.92. The van der Waals surface area contributed by atoms with E-state index in [-0.39, 0.29) is 11.5 Å². The van der Waals surface area contributed by atoms with Crippen molar-refractivity contribution in [3.8, 4) is 0 Å². The van der Waals surface area contributed by atoms with Crippen LogP contribution in [0.25, 0.3) is 11.0 Å².